The molecule has 6 nitrogen and oxygen atoms in total. The summed E-state index contributed by atoms with van der Waals surface area (Å²) >= 11 is 0. The van der Waals surface area contributed by atoms with E-state index in [1.54, 1.807) is 0 Å². The zero-order chi connectivity index (χ0) is 12.1. The smallest absolute Gasteiger partial charge is 0.305 e. The first kappa shape index (κ1) is 12.5. The molecule has 0 aromatic carbocycles. The molecule has 1 saturated heterocycles. The van der Waals surface area contributed by atoms with E-state index in [2.05, 4.69) is 5.32 Å². The Morgan fingerprint density at radius 1 is 1.56 bits per heavy atom. The lowest BCUT2D eigenvalue weighted by atomic mass is 10.1. The number of carboxylic acid groups (broad SMARTS) is 1. The molecule has 2 amide bonds. The second kappa shape index (κ2) is 5.48. The highest BCUT2D eigenvalue weighted by Gasteiger charge is 2.33. The van der Waals surface area contributed by atoms with Gasteiger partial charge in [0.1, 0.15) is 6.04 Å². The van der Waals surface area contributed by atoms with E-state index in [1.807, 2.05) is 6.92 Å². The number of piperazine rings is 1. The lowest BCUT2D eigenvalue weighted by Gasteiger charge is -2.34. The Kier molecular flexibility index (Phi) is 4.28. The molecule has 0 aromatic heterocycles. The van der Waals surface area contributed by atoms with E-state index in [1.165, 1.54) is 4.90 Å². The molecular weight excluding hydrogens is 212 g/mol. The maximum Gasteiger partial charge on any atom is 0.305 e. The highest BCUT2D eigenvalue weighted by Crippen LogP contribution is 2.11. The predicted octanol–water partition coefficient (Wildman–Crippen LogP) is -0.412. The second-order valence-corrected chi connectivity index (χ2v) is 3.74. The number of hydrogen-bond donors (Lipinski definition) is 2. The van der Waals surface area contributed by atoms with Crippen LogP contribution in [0.1, 0.15) is 26.2 Å². The molecule has 0 saturated carbocycles. The fourth-order valence-electron chi connectivity index (χ4n) is 1.74. The van der Waals surface area contributed by atoms with Crippen LogP contribution in [0.5, 0.6) is 0 Å². The van der Waals surface area contributed by atoms with Crippen molar-refractivity contribution in [1.29, 1.82) is 0 Å². The van der Waals surface area contributed by atoms with Crippen molar-refractivity contribution in [3.05, 3.63) is 0 Å². The minimum atomic E-state index is -1.07. The molecule has 0 aromatic rings. The first-order chi connectivity index (χ1) is 7.56. The average Bonchev–Trinajstić information content (AvgIpc) is 2.20. The van der Waals surface area contributed by atoms with E-state index >= 15 is 0 Å². The molecular formula is C10H16N2O4. The van der Waals surface area contributed by atoms with E-state index in [4.69, 9.17) is 5.11 Å². The van der Waals surface area contributed by atoms with Gasteiger partial charge in [0.05, 0.1) is 6.42 Å². The van der Waals surface area contributed by atoms with Crippen molar-refractivity contribution in [1.82, 2.24) is 10.2 Å². The van der Waals surface area contributed by atoms with E-state index in [0.717, 1.165) is 0 Å². The van der Waals surface area contributed by atoms with Crippen molar-refractivity contribution in [2.24, 2.45) is 0 Å². The number of rotatable bonds is 4. The summed E-state index contributed by atoms with van der Waals surface area (Å²) in [4.78, 5) is 35.2. The first-order valence-corrected chi connectivity index (χ1v) is 5.35. The van der Waals surface area contributed by atoms with Gasteiger partial charge in [0, 0.05) is 19.5 Å². The Labute approximate surface area is 93.6 Å². The number of amides is 2. The first-order valence-electron chi connectivity index (χ1n) is 5.35. The van der Waals surface area contributed by atoms with Crippen LogP contribution in [0.2, 0.25) is 0 Å². The van der Waals surface area contributed by atoms with Crippen molar-refractivity contribution in [3.63, 3.8) is 0 Å². The Hall–Kier alpha value is -1.59. The molecule has 1 fully saturated rings. The summed E-state index contributed by atoms with van der Waals surface area (Å²) in [5.74, 6) is -1.60. The van der Waals surface area contributed by atoms with E-state index in [-0.39, 0.29) is 18.2 Å². The van der Waals surface area contributed by atoms with Gasteiger partial charge in [-0.3, -0.25) is 14.4 Å². The fourth-order valence-corrected chi connectivity index (χ4v) is 1.74. The van der Waals surface area contributed by atoms with Crippen molar-refractivity contribution in [3.8, 4) is 0 Å². The standard InChI is InChI=1S/C10H16N2O4/c1-2-3-8(13)12-5-4-11-10(16)7(12)6-9(14)15/h7H,2-6H2,1H3,(H,11,16)(H,14,15). The summed E-state index contributed by atoms with van der Waals surface area (Å²) in [7, 11) is 0. The third-order valence-corrected chi connectivity index (χ3v) is 2.48. The molecule has 1 atom stereocenters. The maximum atomic E-state index is 11.7. The van der Waals surface area contributed by atoms with Crippen LogP contribution in [0, 0.1) is 0 Å². The lowest BCUT2D eigenvalue weighted by Crippen LogP contribution is -2.57. The van der Waals surface area contributed by atoms with Crippen LogP contribution in [-0.4, -0.2) is 46.9 Å². The Bertz CT molecular complexity index is 303. The number of carbonyl (C=O) groups excluding carboxylic acids is 2. The minimum absolute atomic E-state index is 0.149. The lowest BCUT2D eigenvalue weighted by molar-refractivity contribution is -0.148. The van der Waals surface area contributed by atoms with Crippen molar-refractivity contribution in [2.45, 2.75) is 32.2 Å². The molecule has 6 heteroatoms. The summed E-state index contributed by atoms with van der Waals surface area (Å²) in [6.07, 6.45) is 0.710. The van der Waals surface area contributed by atoms with Gasteiger partial charge in [0.2, 0.25) is 11.8 Å². The number of hydrogen-bond acceptors (Lipinski definition) is 3. The van der Waals surface area contributed by atoms with Gasteiger partial charge in [0.25, 0.3) is 0 Å². The third-order valence-electron chi connectivity index (χ3n) is 2.48. The monoisotopic (exact) mass is 228 g/mol. The summed E-state index contributed by atoms with van der Waals surface area (Å²) < 4.78 is 0. The topological polar surface area (TPSA) is 86.7 Å². The summed E-state index contributed by atoms with van der Waals surface area (Å²) in [6, 6.07) is -0.856. The van der Waals surface area contributed by atoms with Crippen LogP contribution < -0.4 is 5.32 Å². The molecule has 1 heterocycles. The number of carboxylic acids is 1. The summed E-state index contributed by atoms with van der Waals surface area (Å²) in [5, 5.41) is 11.3. The van der Waals surface area contributed by atoms with Gasteiger partial charge in [0.15, 0.2) is 0 Å². The normalized spacial score (nSPS) is 20.4. The molecule has 1 aliphatic heterocycles. The zero-order valence-corrected chi connectivity index (χ0v) is 9.23. The van der Waals surface area contributed by atoms with Crippen LogP contribution in [0.25, 0.3) is 0 Å². The summed E-state index contributed by atoms with van der Waals surface area (Å²) in [6.45, 7) is 2.65. The van der Waals surface area contributed by atoms with E-state index < -0.39 is 12.0 Å². The van der Waals surface area contributed by atoms with Crippen LogP contribution in [0.4, 0.5) is 0 Å². The van der Waals surface area contributed by atoms with Crippen LogP contribution >= 0.6 is 0 Å². The van der Waals surface area contributed by atoms with Crippen LogP contribution in [0.15, 0.2) is 0 Å². The molecule has 90 valence electrons. The highest BCUT2D eigenvalue weighted by molar-refractivity contribution is 5.91. The van der Waals surface area contributed by atoms with Gasteiger partial charge in [-0.15, -0.1) is 0 Å². The number of nitrogens with one attached hydrogen (secondary N) is 1. The van der Waals surface area contributed by atoms with Gasteiger partial charge in [-0.1, -0.05) is 6.92 Å². The summed E-state index contributed by atoms with van der Waals surface area (Å²) in [5.41, 5.74) is 0. The molecule has 0 aliphatic carbocycles. The second-order valence-electron chi connectivity index (χ2n) is 3.74. The molecule has 0 bridgehead atoms. The number of nitrogens with zero attached hydrogens (tertiary/aromatic N) is 1. The van der Waals surface area contributed by atoms with Gasteiger partial charge < -0.3 is 15.3 Å². The van der Waals surface area contributed by atoms with E-state index in [9.17, 15) is 14.4 Å². The van der Waals surface area contributed by atoms with E-state index in [0.29, 0.717) is 25.9 Å². The third kappa shape index (κ3) is 2.95. The van der Waals surface area contributed by atoms with Crippen molar-refractivity contribution in [2.75, 3.05) is 13.1 Å². The molecule has 0 radical (unpaired) electrons. The molecule has 1 aliphatic rings. The molecule has 16 heavy (non-hydrogen) atoms. The predicted molar refractivity (Wildman–Crippen MR) is 55.7 cm³/mol. The average molecular weight is 228 g/mol. The molecule has 0 spiro atoms. The molecule has 1 rings (SSSR count). The van der Waals surface area contributed by atoms with Gasteiger partial charge in [-0.25, -0.2) is 0 Å². The Morgan fingerprint density at radius 3 is 2.81 bits per heavy atom. The molecule has 1 unspecified atom stereocenters. The maximum absolute atomic E-state index is 11.7. The van der Waals surface area contributed by atoms with Crippen LogP contribution in [-0.2, 0) is 14.4 Å². The van der Waals surface area contributed by atoms with Crippen molar-refractivity contribution < 1.29 is 19.5 Å². The SMILES string of the molecule is CCCC(=O)N1CCNC(=O)C1CC(=O)O. The largest absolute Gasteiger partial charge is 0.481 e. The van der Waals surface area contributed by atoms with Gasteiger partial charge in [-0.05, 0) is 6.42 Å². The van der Waals surface area contributed by atoms with Gasteiger partial charge in [-0.2, -0.15) is 0 Å². The van der Waals surface area contributed by atoms with Crippen molar-refractivity contribution >= 4 is 17.8 Å². The van der Waals surface area contributed by atoms with Crippen LogP contribution in [0.3, 0.4) is 0 Å². The highest BCUT2D eigenvalue weighted by atomic mass is 16.4. The Balaban J connectivity index is 2.73. The number of aliphatic carboxylic acids is 1. The zero-order valence-electron chi connectivity index (χ0n) is 9.23. The molecule has 2 N–H and O–H groups in total. The minimum Gasteiger partial charge on any atom is -0.481 e. The number of carbonyl (C=O) groups is 3. The quantitative estimate of drug-likeness (QED) is 0.684. The Morgan fingerprint density at radius 2 is 2.25 bits per heavy atom. The van der Waals surface area contributed by atoms with Gasteiger partial charge >= 0.3 is 5.97 Å². The fraction of sp³-hybridized carbons (Fsp3) is 0.700.